The lowest BCUT2D eigenvalue weighted by molar-refractivity contribution is 0.0173. The number of nitrogens with zero attached hydrogens (tertiary/aromatic N) is 1. The Kier molecular flexibility index (Phi) is 6.19. The molecule has 0 radical (unpaired) electrons. The van der Waals surface area contributed by atoms with Gasteiger partial charge in [-0.3, -0.25) is 4.90 Å². The van der Waals surface area contributed by atoms with Gasteiger partial charge in [-0.15, -0.1) is 0 Å². The summed E-state index contributed by atoms with van der Waals surface area (Å²) in [6.45, 7) is 3.06. The molecule has 2 heterocycles. The van der Waals surface area contributed by atoms with Crippen LogP contribution in [-0.4, -0.2) is 46.2 Å². The van der Waals surface area contributed by atoms with E-state index in [1.807, 2.05) is 16.8 Å². The number of morpholine rings is 1. The molecule has 0 amide bonds. The Morgan fingerprint density at radius 2 is 2.00 bits per heavy atom. The summed E-state index contributed by atoms with van der Waals surface area (Å²) in [6.07, 6.45) is 0. The summed E-state index contributed by atoms with van der Waals surface area (Å²) in [7, 11) is -3.63. The molecule has 1 fully saturated rings. The number of thiophene rings is 1. The van der Waals surface area contributed by atoms with E-state index < -0.39 is 15.8 Å². The van der Waals surface area contributed by atoms with E-state index >= 15 is 0 Å². The second-order valence-electron chi connectivity index (χ2n) is 5.92. The highest BCUT2D eigenvalue weighted by Crippen LogP contribution is 2.24. The zero-order valence-electron chi connectivity index (χ0n) is 13.7. The van der Waals surface area contributed by atoms with Crippen LogP contribution >= 0.6 is 11.3 Å². The molecule has 136 valence electrons. The fourth-order valence-electron chi connectivity index (χ4n) is 2.89. The van der Waals surface area contributed by atoms with Crippen molar-refractivity contribution in [3.05, 3.63) is 58.0 Å². The van der Waals surface area contributed by atoms with E-state index in [-0.39, 0.29) is 23.9 Å². The molecule has 0 spiro atoms. The van der Waals surface area contributed by atoms with Gasteiger partial charge in [0.1, 0.15) is 5.82 Å². The molecule has 5 nitrogen and oxygen atoms in total. The largest absolute Gasteiger partial charge is 0.379 e. The van der Waals surface area contributed by atoms with Crippen LogP contribution < -0.4 is 4.72 Å². The zero-order valence-corrected chi connectivity index (χ0v) is 15.4. The van der Waals surface area contributed by atoms with Gasteiger partial charge in [0.25, 0.3) is 0 Å². The zero-order chi connectivity index (χ0) is 17.7. The Balaban J connectivity index is 1.68. The van der Waals surface area contributed by atoms with Crippen molar-refractivity contribution in [1.82, 2.24) is 9.62 Å². The van der Waals surface area contributed by atoms with Crippen LogP contribution in [0.15, 0.2) is 41.1 Å². The van der Waals surface area contributed by atoms with Crippen molar-refractivity contribution in [3.63, 3.8) is 0 Å². The molecule has 0 unspecified atom stereocenters. The smallest absolute Gasteiger partial charge is 0.215 e. The molecule has 2 aromatic rings. The van der Waals surface area contributed by atoms with E-state index in [2.05, 4.69) is 9.62 Å². The number of benzene rings is 1. The molecule has 0 saturated carbocycles. The lowest BCUT2D eigenvalue weighted by Gasteiger charge is -2.34. The van der Waals surface area contributed by atoms with Gasteiger partial charge >= 0.3 is 0 Å². The molecular formula is C17H21FN2O3S2. The van der Waals surface area contributed by atoms with Gasteiger partial charge in [-0.2, -0.15) is 11.3 Å². The van der Waals surface area contributed by atoms with Crippen molar-refractivity contribution in [1.29, 1.82) is 0 Å². The highest BCUT2D eigenvalue weighted by atomic mass is 32.2. The molecule has 1 aliphatic heterocycles. The van der Waals surface area contributed by atoms with Crippen LogP contribution in [0.5, 0.6) is 0 Å². The minimum Gasteiger partial charge on any atom is -0.379 e. The Bertz CT molecular complexity index is 775. The van der Waals surface area contributed by atoms with Crippen molar-refractivity contribution in [2.45, 2.75) is 11.8 Å². The number of nitrogens with one attached hydrogen (secondary N) is 1. The highest BCUT2D eigenvalue weighted by Gasteiger charge is 2.25. The van der Waals surface area contributed by atoms with Crippen molar-refractivity contribution in [3.8, 4) is 0 Å². The fourth-order valence-corrected chi connectivity index (χ4v) is 4.75. The van der Waals surface area contributed by atoms with Gasteiger partial charge in [-0.1, -0.05) is 18.2 Å². The normalized spacial score (nSPS) is 17.5. The fraction of sp³-hybridized carbons (Fsp3) is 0.412. The number of hydrogen-bond acceptors (Lipinski definition) is 5. The number of ether oxygens (including phenoxy) is 1. The van der Waals surface area contributed by atoms with Crippen molar-refractivity contribution >= 4 is 21.4 Å². The van der Waals surface area contributed by atoms with E-state index in [0.29, 0.717) is 13.2 Å². The maximum Gasteiger partial charge on any atom is 0.215 e. The van der Waals surface area contributed by atoms with Gasteiger partial charge in [0, 0.05) is 31.2 Å². The van der Waals surface area contributed by atoms with Gasteiger partial charge in [0.15, 0.2) is 0 Å². The molecule has 8 heteroatoms. The number of rotatable bonds is 7. The van der Waals surface area contributed by atoms with Crippen LogP contribution in [0.2, 0.25) is 0 Å². The number of sulfonamides is 1. The predicted octanol–water partition coefficient (Wildman–Crippen LogP) is 2.38. The topological polar surface area (TPSA) is 58.6 Å². The summed E-state index contributed by atoms with van der Waals surface area (Å²) in [6, 6.07) is 7.90. The van der Waals surface area contributed by atoms with E-state index in [1.165, 1.54) is 12.1 Å². The first-order valence-electron chi connectivity index (χ1n) is 8.10. The van der Waals surface area contributed by atoms with E-state index in [9.17, 15) is 12.8 Å². The summed E-state index contributed by atoms with van der Waals surface area (Å²) in [5.74, 6) is -0.866. The Morgan fingerprint density at radius 1 is 1.24 bits per heavy atom. The second-order valence-corrected chi connectivity index (χ2v) is 8.51. The third-order valence-corrected chi connectivity index (χ3v) is 6.21. The predicted molar refractivity (Wildman–Crippen MR) is 96.5 cm³/mol. The van der Waals surface area contributed by atoms with Crippen molar-refractivity contribution in [2.75, 3.05) is 32.8 Å². The third-order valence-electron chi connectivity index (χ3n) is 4.21. The van der Waals surface area contributed by atoms with Gasteiger partial charge in [-0.25, -0.2) is 17.5 Å². The molecule has 1 aromatic carbocycles. The summed E-state index contributed by atoms with van der Waals surface area (Å²) in [5, 5.41) is 4.02. The maximum absolute atomic E-state index is 13.7. The van der Waals surface area contributed by atoms with Gasteiger partial charge in [-0.05, 0) is 28.5 Å². The van der Waals surface area contributed by atoms with Gasteiger partial charge < -0.3 is 4.74 Å². The van der Waals surface area contributed by atoms with Crippen molar-refractivity contribution in [2.24, 2.45) is 0 Å². The molecule has 3 rings (SSSR count). The Morgan fingerprint density at radius 3 is 2.68 bits per heavy atom. The van der Waals surface area contributed by atoms with E-state index in [1.54, 1.807) is 23.5 Å². The lowest BCUT2D eigenvalue weighted by atomic mass is 10.1. The third kappa shape index (κ3) is 5.08. The first-order valence-corrected chi connectivity index (χ1v) is 10.7. The molecule has 1 atom stereocenters. The number of halogens is 1. The Hall–Kier alpha value is -1.32. The molecule has 0 aliphatic carbocycles. The van der Waals surface area contributed by atoms with E-state index in [0.717, 1.165) is 18.7 Å². The molecule has 25 heavy (non-hydrogen) atoms. The van der Waals surface area contributed by atoms with Crippen LogP contribution in [0.1, 0.15) is 17.2 Å². The monoisotopic (exact) mass is 384 g/mol. The van der Waals surface area contributed by atoms with Crippen LogP contribution in [0.4, 0.5) is 4.39 Å². The van der Waals surface area contributed by atoms with Crippen LogP contribution in [0.25, 0.3) is 0 Å². The summed E-state index contributed by atoms with van der Waals surface area (Å²) in [5.41, 5.74) is 1.26. The molecule has 1 aliphatic rings. The average molecular weight is 384 g/mol. The first kappa shape index (κ1) is 18.5. The molecule has 1 aromatic heterocycles. The van der Waals surface area contributed by atoms with Crippen LogP contribution in [0.3, 0.4) is 0 Å². The van der Waals surface area contributed by atoms with Crippen LogP contribution in [-0.2, 0) is 20.5 Å². The van der Waals surface area contributed by atoms with Crippen LogP contribution in [0, 0.1) is 5.82 Å². The minimum absolute atomic E-state index is 0.0504. The lowest BCUT2D eigenvalue weighted by Crippen LogP contribution is -2.43. The van der Waals surface area contributed by atoms with Crippen molar-refractivity contribution < 1.29 is 17.5 Å². The SMILES string of the molecule is O=S(=O)(Cc1ccccc1F)NC[C@@H](c1ccsc1)N1CCOCC1. The summed E-state index contributed by atoms with van der Waals surface area (Å²) >= 11 is 1.59. The summed E-state index contributed by atoms with van der Waals surface area (Å²) < 4.78 is 46.5. The minimum atomic E-state index is -3.63. The molecular weight excluding hydrogens is 363 g/mol. The van der Waals surface area contributed by atoms with Gasteiger partial charge in [0.05, 0.1) is 19.0 Å². The standard InChI is InChI=1S/C17H21FN2O3S2/c18-16-4-2-1-3-15(16)13-25(21,22)19-11-17(14-5-10-24-12-14)20-6-8-23-9-7-20/h1-5,10,12,17,19H,6-9,11,13H2/t17-/m0/s1. The highest BCUT2D eigenvalue weighted by molar-refractivity contribution is 7.88. The molecule has 0 bridgehead atoms. The average Bonchev–Trinajstić information content (AvgIpc) is 3.12. The van der Waals surface area contributed by atoms with E-state index in [4.69, 9.17) is 4.74 Å². The van der Waals surface area contributed by atoms with Gasteiger partial charge in [0.2, 0.25) is 10.0 Å². The first-order chi connectivity index (χ1) is 12.1. The summed E-state index contributed by atoms with van der Waals surface area (Å²) in [4.78, 5) is 2.22. The molecule has 1 N–H and O–H groups in total. The Labute approximate surface area is 151 Å². The quantitative estimate of drug-likeness (QED) is 0.796. The molecule has 1 saturated heterocycles. The maximum atomic E-state index is 13.7. The number of hydrogen-bond donors (Lipinski definition) is 1. The second kappa shape index (κ2) is 8.37.